The second kappa shape index (κ2) is 31.3. The van der Waals surface area contributed by atoms with Gasteiger partial charge in [0.1, 0.15) is 12.2 Å². The number of nitriles is 1. The van der Waals surface area contributed by atoms with Gasteiger partial charge in [-0.15, -0.1) is 4.99 Å². The Morgan fingerprint density at radius 1 is 0.824 bits per heavy atom. The molecule has 292 valence electrons. The lowest BCUT2D eigenvalue weighted by Gasteiger charge is -2.22. The first-order chi connectivity index (χ1) is 24.2. The van der Waals surface area contributed by atoms with Crippen LogP contribution in [0.4, 0.5) is 15.3 Å². The molecular formula is C35H61ClN6O9. The quantitative estimate of drug-likeness (QED) is 0.0318. The number of methoxy groups -OCH3 is 1. The summed E-state index contributed by atoms with van der Waals surface area (Å²) in [5.41, 5.74) is 6.41. The lowest BCUT2D eigenvalue weighted by molar-refractivity contribution is -0.727. The summed E-state index contributed by atoms with van der Waals surface area (Å²) in [5, 5.41) is 11.8. The molecule has 1 rings (SSSR count). The van der Waals surface area contributed by atoms with Crippen molar-refractivity contribution in [2.45, 2.75) is 97.3 Å². The maximum Gasteiger partial charge on any atom is 0.513 e. The Balaban J connectivity index is 0.0000250. The summed E-state index contributed by atoms with van der Waals surface area (Å²) in [6.07, 6.45) is 15.2. The standard InChI is InChI=1S/C35H60N6O9.ClH/c1-35(2,3)50-33(42)38-17-13-11-9-7-5-6-8-10-12-14-18-41(32(37)39-29-36)31-15-19-40(20-16-31)30-49-34(43)48-28-27-47-26-25-46-24-23-45-22-21-44-4;/h15-16,19-20H,5-14,17-18,21-28,30H2,1-4H3,(H2-,37,38,39,42);1H. The van der Waals surface area contributed by atoms with Gasteiger partial charge < -0.3 is 61.5 Å². The van der Waals surface area contributed by atoms with E-state index in [1.54, 1.807) is 30.3 Å². The van der Waals surface area contributed by atoms with Crippen molar-refractivity contribution < 1.29 is 59.7 Å². The van der Waals surface area contributed by atoms with Gasteiger partial charge in [0.05, 0.1) is 51.9 Å². The van der Waals surface area contributed by atoms with Crippen LogP contribution in [-0.4, -0.2) is 96.9 Å². The van der Waals surface area contributed by atoms with E-state index < -0.39 is 11.8 Å². The molecule has 0 aliphatic carbocycles. The number of guanidine groups is 1. The number of nitrogens with one attached hydrogen (secondary N) is 1. The van der Waals surface area contributed by atoms with E-state index in [0.717, 1.165) is 44.2 Å². The Bertz CT molecular complexity index is 1100. The summed E-state index contributed by atoms with van der Waals surface area (Å²) in [5.74, 6) is 0.132. The fraction of sp³-hybridized carbons (Fsp3) is 0.743. The number of aliphatic imine (C=N–C) groups is 1. The summed E-state index contributed by atoms with van der Waals surface area (Å²) >= 11 is 0. The SMILES string of the molecule is COCCOCCOCCOCCOC(=O)OC[n+]1ccc(N(CCCCCCCCCCCCNC(=O)OC(C)(C)C)C(N)=NC#N)cc1.[Cl-]. The van der Waals surface area contributed by atoms with Gasteiger partial charge in [0.15, 0.2) is 12.4 Å². The van der Waals surface area contributed by atoms with Gasteiger partial charge in [-0.1, -0.05) is 51.4 Å². The fourth-order valence-corrected chi connectivity index (χ4v) is 4.55. The van der Waals surface area contributed by atoms with Crippen LogP contribution in [0, 0.1) is 11.5 Å². The van der Waals surface area contributed by atoms with Crippen LogP contribution in [0.1, 0.15) is 85.0 Å². The molecule has 0 saturated carbocycles. The number of unbranched alkanes of at least 4 members (excludes halogenated alkanes) is 9. The predicted molar refractivity (Wildman–Crippen MR) is 188 cm³/mol. The number of pyridine rings is 1. The molecule has 0 radical (unpaired) electrons. The zero-order chi connectivity index (χ0) is 36.7. The van der Waals surface area contributed by atoms with Crippen molar-refractivity contribution in [1.82, 2.24) is 5.32 Å². The van der Waals surface area contributed by atoms with Gasteiger partial charge in [-0.25, -0.2) is 9.59 Å². The number of anilines is 1. The molecule has 0 aromatic carbocycles. The topological polar surface area (TPSA) is 180 Å². The molecule has 1 aromatic heterocycles. The van der Waals surface area contributed by atoms with Crippen LogP contribution in [0.2, 0.25) is 0 Å². The van der Waals surface area contributed by atoms with Gasteiger partial charge in [-0.3, -0.25) is 0 Å². The van der Waals surface area contributed by atoms with Crippen molar-refractivity contribution in [1.29, 1.82) is 5.26 Å². The Kier molecular flexibility index (Phi) is 29.2. The van der Waals surface area contributed by atoms with Gasteiger partial charge in [0.25, 0.3) is 6.73 Å². The van der Waals surface area contributed by atoms with Gasteiger partial charge >= 0.3 is 12.2 Å². The monoisotopic (exact) mass is 744 g/mol. The Morgan fingerprint density at radius 3 is 1.86 bits per heavy atom. The molecule has 1 amide bonds. The summed E-state index contributed by atoms with van der Waals surface area (Å²) < 4.78 is 38.0. The zero-order valence-electron chi connectivity index (χ0n) is 31.1. The molecule has 0 saturated heterocycles. The Hall–Kier alpha value is -3.42. The van der Waals surface area contributed by atoms with E-state index in [1.165, 1.54) is 25.7 Å². The molecular weight excluding hydrogens is 684 g/mol. The first-order valence-corrected chi connectivity index (χ1v) is 17.6. The maximum absolute atomic E-state index is 11.9. The van der Waals surface area contributed by atoms with Crippen LogP contribution in [0.25, 0.3) is 0 Å². The van der Waals surface area contributed by atoms with Crippen molar-refractivity contribution in [3.05, 3.63) is 24.5 Å². The molecule has 51 heavy (non-hydrogen) atoms. The largest absolute Gasteiger partial charge is 1.00 e. The minimum absolute atomic E-state index is 0. The van der Waals surface area contributed by atoms with Gasteiger partial charge in [0.2, 0.25) is 12.2 Å². The number of hydrogen-bond donors (Lipinski definition) is 2. The molecule has 1 aromatic rings. The average molecular weight is 745 g/mol. The van der Waals surface area contributed by atoms with E-state index in [2.05, 4.69) is 10.3 Å². The molecule has 1 heterocycles. The number of rotatable bonds is 28. The number of alkyl carbamates (subject to hydrolysis) is 1. The number of nitrogens with two attached hydrogens (primary N) is 1. The minimum Gasteiger partial charge on any atom is -1.00 e. The van der Waals surface area contributed by atoms with Crippen LogP contribution in [0.15, 0.2) is 29.5 Å². The number of nitrogens with zero attached hydrogens (tertiary/aromatic N) is 4. The number of amides is 1. The highest BCUT2D eigenvalue weighted by molar-refractivity contribution is 5.95. The van der Waals surface area contributed by atoms with Crippen LogP contribution in [-0.2, 0) is 39.9 Å². The summed E-state index contributed by atoms with van der Waals surface area (Å²) in [4.78, 5) is 29.1. The van der Waals surface area contributed by atoms with E-state index in [-0.39, 0.29) is 44.4 Å². The van der Waals surface area contributed by atoms with E-state index in [4.69, 9.17) is 44.2 Å². The first kappa shape index (κ1) is 47.6. The third kappa shape index (κ3) is 27.9. The smallest absolute Gasteiger partial charge is 0.513 e. The van der Waals surface area contributed by atoms with Gasteiger partial charge in [-0.05, 0) is 33.6 Å². The Labute approximate surface area is 310 Å². The molecule has 16 heteroatoms. The van der Waals surface area contributed by atoms with E-state index in [1.807, 2.05) is 37.8 Å². The van der Waals surface area contributed by atoms with Gasteiger partial charge in [0, 0.05) is 32.3 Å². The lowest BCUT2D eigenvalue weighted by Crippen LogP contribution is -3.00. The van der Waals surface area contributed by atoms with Crippen molar-refractivity contribution >= 4 is 23.9 Å². The van der Waals surface area contributed by atoms with E-state index in [9.17, 15) is 9.59 Å². The second-order valence-electron chi connectivity index (χ2n) is 12.5. The molecule has 15 nitrogen and oxygen atoms in total. The van der Waals surface area contributed by atoms with E-state index >= 15 is 0 Å². The number of carbonyl (C=O) groups excluding carboxylic acids is 2. The highest BCUT2D eigenvalue weighted by Gasteiger charge is 2.16. The number of hydrogen-bond acceptors (Lipinski definition) is 11. The van der Waals surface area contributed by atoms with Crippen molar-refractivity contribution in [3.63, 3.8) is 0 Å². The van der Waals surface area contributed by atoms with Gasteiger partial charge in [-0.2, -0.15) is 9.83 Å². The number of aromatic nitrogens is 1. The average Bonchev–Trinajstić information content (AvgIpc) is 3.07. The Morgan fingerprint density at radius 2 is 1.33 bits per heavy atom. The molecule has 0 unspecified atom stereocenters. The highest BCUT2D eigenvalue weighted by atomic mass is 35.5. The normalized spacial score (nSPS) is 11.3. The number of carbonyl (C=O) groups is 2. The molecule has 0 bridgehead atoms. The maximum atomic E-state index is 11.9. The summed E-state index contributed by atoms with van der Waals surface area (Å²) in [6.45, 7) is 9.93. The summed E-state index contributed by atoms with van der Waals surface area (Å²) in [6, 6.07) is 3.65. The number of halogens is 1. The molecule has 0 aliphatic heterocycles. The van der Waals surface area contributed by atoms with Crippen molar-refractivity contribution in [2.75, 3.05) is 78.0 Å². The third-order valence-electron chi connectivity index (χ3n) is 7.06. The molecule has 0 spiro atoms. The lowest BCUT2D eigenvalue weighted by atomic mass is 10.1. The van der Waals surface area contributed by atoms with Crippen LogP contribution in [0.5, 0.6) is 0 Å². The minimum atomic E-state index is -0.800. The zero-order valence-corrected chi connectivity index (χ0v) is 31.8. The van der Waals surface area contributed by atoms with Crippen LogP contribution in [0.3, 0.4) is 0 Å². The van der Waals surface area contributed by atoms with Crippen molar-refractivity contribution in [3.8, 4) is 6.19 Å². The van der Waals surface area contributed by atoms with Crippen LogP contribution >= 0.6 is 0 Å². The first-order valence-electron chi connectivity index (χ1n) is 17.6. The van der Waals surface area contributed by atoms with E-state index in [0.29, 0.717) is 52.7 Å². The summed E-state index contributed by atoms with van der Waals surface area (Å²) in [7, 11) is 1.62. The third-order valence-corrected chi connectivity index (χ3v) is 7.06. The number of ether oxygens (including phenoxy) is 7. The van der Waals surface area contributed by atoms with Crippen molar-refractivity contribution in [2.24, 2.45) is 10.7 Å². The molecule has 0 atom stereocenters. The predicted octanol–water partition coefficient (Wildman–Crippen LogP) is 1.81. The molecule has 0 fully saturated rings. The molecule has 0 aliphatic rings. The molecule has 3 N–H and O–H groups in total. The second-order valence-corrected chi connectivity index (χ2v) is 12.5. The fourth-order valence-electron chi connectivity index (χ4n) is 4.55. The van der Waals surface area contributed by atoms with Crippen LogP contribution < -0.4 is 32.9 Å². The highest BCUT2D eigenvalue weighted by Crippen LogP contribution is 2.15.